The monoisotopic (exact) mass is 201 g/mol. The van der Waals surface area contributed by atoms with E-state index in [0.717, 1.165) is 17.9 Å². The molecule has 1 aromatic rings. The Morgan fingerprint density at radius 1 is 1.53 bits per heavy atom. The Balaban J connectivity index is 1.96. The normalized spacial score (nSPS) is 17.9. The van der Waals surface area contributed by atoms with E-state index in [2.05, 4.69) is 6.58 Å². The molecule has 76 valence electrons. The Morgan fingerprint density at radius 2 is 2.20 bits per heavy atom. The fourth-order valence-electron chi connectivity index (χ4n) is 1.17. The molecule has 0 spiro atoms. The number of nitrogens with zero attached hydrogens (tertiary/aromatic N) is 1. The minimum atomic E-state index is 0.263. The highest BCUT2D eigenvalue weighted by Gasteiger charge is 2.22. The topological polar surface area (TPSA) is 45.5 Å². The molecular formula is C12H11NO2. The number of hydrogen-bond acceptors (Lipinski definition) is 3. The van der Waals surface area contributed by atoms with Crippen molar-refractivity contribution in [1.82, 2.24) is 0 Å². The van der Waals surface area contributed by atoms with Crippen LogP contribution < -0.4 is 4.74 Å². The van der Waals surface area contributed by atoms with Gasteiger partial charge in [-0.1, -0.05) is 6.58 Å². The highest BCUT2D eigenvalue weighted by Crippen LogP contribution is 2.18. The molecule has 0 aromatic heterocycles. The molecule has 1 heterocycles. The van der Waals surface area contributed by atoms with Gasteiger partial charge in [-0.15, -0.1) is 0 Å². The van der Waals surface area contributed by atoms with Gasteiger partial charge in [-0.05, 0) is 29.8 Å². The molecule has 0 bridgehead atoms. The molecule has 1 saturated heterocycles. The number of nitriles is 1. The van der Waals surface area contributed by atoms with Crippen molar-refractivity contribution in [2.45, 2.75) is 6.10 Å². The van der Waals surface area contributed by atoms with Gasteiger partial charge in [-0.3, -0.25) is 0 Å². The molecule has 3 heteroatoms. The molecule has 0 N–H and O–H groups in total. The summed E-state index contributed by atoms with van der Waals surface area (Å²) in [6, 6.07) is 9.33. The second-order valence-electron chi connectivity index (χ2n) is 3.38. The summed E-state index contributed by atoms with van der Waals surface area (Å²) < 4.78 is 10.5. The summed E-state index contributed by atoms with van der Waals surface area (Å²) in [7, 11) is 0. The van der Waals surface area contributed by atoms with Crippen molar-refractivity contribution < 1.29 is 9.47 Å². The number of rotatable bonds is 4. The van der Waals surface area contributed by atoms with Crippen molar-refractivity contribution in [3.05, 3.63) is 36.4 Å². The van der Waals surface area contributed by atoms with Crippen LogP contribution in [0.25, 0.3) is 5.57 Å². The molecular weight excluding hydrogens is 190 g/mol. The predicted molar refractivity (Wildman–Crippen MR) is 56.3 cm³/mol. The summed E-state index contributed by atoms with van der Waals surface area (Å²) in [5.41, 5.74) is 1.29. The van der Waals surface area contributed by atoms with Crippen LogP contribution in [0.15, 0.2) is 30.8 Å². The van der Waals surface area contributed by atoms with Crippen LogP contribution in [0.1, 0.15) is 5.56 Å². The van der Waals surface area contributed by atoms with Crippen molar-refractivity contribution in [2.24, 2.45) is 0 Å². The first kappa shape index (κ1) is 9.75. The molecule has 3 nitrogen and oxygen atoms in total. The Labute approximate surface area is 88.5 Å². The van der Waals surface area contributed by atoms with Crippen LogP contribution in [-0.2, 0) is 4.74 Å². The van der Waals surface area contributed by atoms with Gasteiger partial charge in [0.2, 0.25) is 0 Å². The Hall–Kier alpha value is -1.79. The second kappa shape index (κ2) is 4.16. The molecule has 1 aliphatic heterocycles. The smallest absolute Gasteiger partial charge is 0.119 e. The Morgan fingerprint density at radius 3 is 2.73 bits per heavy atom. The van der Waals surface area contributed by atoms with Gasteiger partial charge in [-0.2, -0.15) is 5.26 Å². The zero-order valence-electron chi connectivity index (χ0n) is 8.27. The van der Waals surface area contributed by atoms with E-state index in [0.29, 0.717) is 12.2 Å². The van der Waals surface area contributed by atoms with Gasteiger partial charge in [0.15, 0.2) is 0 Å². The second-order valence-corrected chi connectivity index (χ2v) is 3.38. The maximum atomic E-state index is 8.64. The minimum absolute atomic E-state index is 0.263. The fraction of sp³-hybridized carbons (Fsp3) is 0.250. The maximum absolute atomic E-state index is 8.64. The quantitative estimate of drug-likeness (QED) is 0.553. The Kier molecular flexibility index (Phi) is 2.70. The van der Waals surface area contributed by atoms with Gasteiger partial charge >= 0.3 is 0 Å². The fourth-order valence-corrected chi connectivity index (χ4v) is 1.17. The molecule has 15 heavy (non-hydrogen) atoms. The van der Waals surface area contributed by atoms with Crippen LogP contribution in [0, 0.1) is 11.3 Å². The first-order valence-electron chi connectivity index (χ1n) is 4.73. The molecule has 0 amide bonds. The van der Waals surface area contributed by atoms with Crippen molar-refractivity contribution in [1.29, 1.82) is 5.26 Å². The molecule has 0 radical (unpaired) electrons. The molecule has 0 aliphatic carbocycles. The predicted octanol–water partition coefficient (Wildman–Crippen LogP) is 2.00. The van der Waals surface area contributed by atoms with Gasteiger partial charge < -0.3 is 9.47 Å². The van der Waals surface area contributed by atoms with E-state index in [1.165, 1.54) is 0 Å². The maximum Gasteiger partial charge on any atom is 0.119 e. The van der Waals surface area contributed by atoms with Crippen LogP contribution in [0.4, 0.5) is 0 Å². The van der Waals surface area contributed by atoms with Crippen molar-refractivity contribution >= 4 is 5.57 Å². The molecule has 2 rings (SSSR count). The first-order chi connectivity index (χ1) is 7.29. The number of ether oxygens (including phenoxy) is 2. The number of allylic oxidation sites excluding steroid dienone is 1. The average molecular weight is 201 g/mol. The third kappa shape index (κ3) is 2.58. The summed E-state index contributed by atoms with van der Waals surface area (Å²) in [5.74, 6) is 0.792. The zero-order valence-corrected chi connectivity index (χ0v) is 8.27. The van der Waals surface area contributed by atoms with Crippen molar-refractivity contribution in [2.75, 3.05) is 13.2 Å². The third-order valence-electron chi connectivity index (χ3n) is 2.18. The summed E-state index contributed by atoms with van der Waals surface area (Å²) in [6.07, 6.45) is 0.263. The van der Waals surface area contributed by atoms with E-state index in [-0.39, 0.29) is 6.10 Å². The van der Waals surface area contributed by atoms with Crippen LogP contribution in [0.3, 0.4) is 0 Å². The van der Waals surface area contributed by atoms with Crippen LogP contribution >= 0.6 is 0 Å². The lowest BCUT2D eigenvalue weighted by molar-refractivity contribution is 0.263. The van der Waals surface area contributed by atoms with Crippen molar-refractivity contribution in [3.8, 4) is 11.8 Å². The average Bonchev–Trinajstić information content (AvgIpc) is 3.10. The summed E-state index contributed by atoms with van der Waals surface area (Å²) in [5, 5.41) is 8.64. The molecule has 1 fully saturated rings. The van der Waals surface area contributed by atoms with Crippen LogP contribution in [0.5, 0.6) is 5.75 Å². The number of benzene rings is 1. The number of epoxide rings is 1. The van der Waals surface area contributed by atoms with E-state index >= 15 is 0 Å². The molecule has 1 atom stereocenters. The van der Waals surface area contributed by atoms with Gasteiger partial charge in [0.05, 0.1) is 18.2 Å². The summed E-state index contributed by atoms with van der Waals surface area (Å²) >= 11 is 0. The largest absolute Gasteiger partial charge is 0.491 e. The van der Waals surface area contributed by atoms with Crippen LogP contribution in [-0.4, -0.2) is 19.3 Å². The van der Waals surface area contributed by atoms with E-state index in [4.69, 9.17) is 14.7 Å². The van der Waals surface area contributed by atoms with E-state index in [1.807, 2.05) is 30.3 Å². The van der Waals surface area contributed by atoms with E-state index in [9.17, 15) is 0 Å². The van der Waals surface area contributed by atoms with Gasteiger partial charge in [-0.25, -0.2) is 0 Å². The summed E-state index contributed by atoms with van der Waals surface area (Å²) in [6.45, 7) is 5.03. The van der Waals surface area contributed by atoms with Gasteiger partial charge in [0, 0.05) is 0 Å². The van der Waals surface area contributed by atoms with Gasteiger partial charge in [0.1, 0.15) is 18.5 Å². The Bertz CT molecular complexity index is 399. The summed E-state index contributed by atoms with van der Waals surface area (Å²) in [4.78, 5) is 0. The highest BCUT2D eigenvalue weighted by atomic mass is 16.6. The SMILES string of the molecule is C=C(C#N)c1ccc(OCC2CO2)cc1. The van der Waals surface area contributed by atoms with E-state index < -0.39 is 0 Å². The lowest BCUT2D eigenvalue weighted by Gasteiger charge is -2.04. The molecule has 1 unspecified atom stereocenters. The van der Waals surface area contributed by atoms with E-state index in [1.54, 1.807) is 0 Å². The minimum Gasteiger partial charge on any atom is -0.491 e. The lowest BCUT2D eigenvalue weighted by atomic mass is 10.1. The van der Waals surface area contributed by atoms with Gasteiger partial charge in [0.25, 0.3) is 0 Å². The highest BCUT2D eigenvalue weighted by molar-refractivity contribution is 5.74. The van der Waals surface area contributed by atoms with Crippen LogP contribution in [0.2, 0.25) is 0 Å². The first-order valence-corrected chi connectivity index (χ1v) is 4.73. The van der Waals surface area contributed by atoms with Crippen molar-refractivity contribution in [3.63, 3.8) is 0 Å². The standard InChI is InChI=1S/C12H11NO2/c1-9(6-13)10-2-4-11(5-3-10)14-7-12-8-15-12/h2-5,12H,1,7-8H2. The lowest BCUT2D eigenvalue weighted by Crippen LogP contribution is -2.03. The number of hydrogen-bond donors (Lipinski definition) is 0. The third-order valence-corrected chi connectivity index (χ3v) is 2.18. The molecule has 1 aliphatic rings. The zero-order chi connectivity index (χ0) is 10.7. The molecule has 1 aromatic carbocycles. The molecule has 0 saturated carbocycles.